The summed E-state index contributed by atoms with van der Waals surface area (Å²) in [6.45, 7) is 4.35. The highest BCUT2D eigenvalue weighted by Gasteiger charge is 2.48. The molecule has 1 aromatic carbocycles. The van der Waals surface area contributed by atoms with Crippen LogP contribution in [0.1, 0.15) is 16.1 Å². The molecule has 1 amide bonds. The number of rotatable bonds is 7. The van der Waals surface area contributed by atoms with Gasteiger partial charge >= 0.3 is 0 Å². The highest BCUT2D eigenvalue weighted by atomic mass is 16.5. The van der Waals surface area contributed by atoms with Gasteiger partial charge in [0.05, 0.1) is 36.8 Å². The number of carbonyl (C=O) groups excluding carboxylic acids is 1. The zero-order valence-electron chi connectivity index (χ0n) is 23.0. The molecule has 2 fully saturated rings. The van der Waals surface area contributed by atoms with Crippen molar-refractivity contribution in [3.8, 4) is 11.3 Å². The molecule has 6 N–H and O–H groups in total. The molecule has 15 heteroatoms. The number of likely N-dealkylation sites (tertiary alicyclic amines) is 1. The second kappa shape index (κ2) is 13.0. The second-order valence-corrected chi connectivity index (χ2v) is 9.81. The van der Waals surface area contributed by atoms with Crippen molar-refractivity contribution in [1.82, 2.24) is 29.4 Å². The number of nitrogens with zero attached hydrogens (tertiary/aromatic N) is 6. The summed E-state index contributed by atoms with van der Waals surface area (Å²) < 4.78 is 7.23. The number of ether oxygens (including phenoxy) is 1. The number of aromatic nitrogens is 5. The highest BCUT2D eigenvalue weighted by molar-refractivity contribution is 5.99. The van der Waals surface area contributed by atoms with Crippen molar-refractivity contribution in [2.75, 3.05) is 44.0 Å². The second-order valence-electron chi connectivity index (χ2n) is 9.81. The van der Waals surface area contributed by atoms with E-state index in [0.717, 1.165) is 44.1 Å². The molecule has 42 heavy (non-hydrogen) atoms. The SMILES string of the molecule is CNc1nc(Nc2ccc(CN3CC4(COC4)C3)cc2)c(C(N)=O)nc1-c1cncc2c1ncn2C.O=CO.O=CO. The van der Waals surface area contributed by atoms with Crippen molar-refractivity contribution in [2.45, 2.75) is 6.54 Å². The Morgan fingerprint density at radius 2 is 1.76 bits per heavy atom. The van der Waals surface area contributed by atoms with E-state index in [-0.39, 0.29) is 24.5 Å². The van der Waals surface area contributed by atoms with Gasteiger partial charge in [0.2, 0.25) is 0 Å². The minimum atomic E-state index is -0.682. The van der Waals surface area contributed by atoms with Crippen LogP contribution >= 0.6 is 0 Å². The zero-order valence-corrected chi connectivity index (χ0v) is 23.0. The first-order chi connectivity index (χ1) is 20.3. The molecule has 0 saturated carbocycles. The van der Waals surface area contributed by atoms with Crippen molar-refractivity contribution >= 4 is 47.2 Å². The number of hydrogen-bond acceptors (Lipinski definition) is 11. The van der Waals surface area contributed by atoms with Crippen LogP contribution < -0.4 is 16.4 Å². The van der Waals surface area contributed by atoms with E-state index < -0.39 is 5.91 Å². The van der Waals surface area contributed by atoms with Crippen LogP contribution in [-0.2, 0) is 27.9 Å². The van der Waals surface area contributed by atoms with Gasteiger partial charge in [0.15, 0.2) is 17.3 Å². The molecule has 2 aliphatic heterocycles. The summed E-state index contributed by atoms with van der Waals surface area (Å²) in [6.07, 6.45) is 5.10. The van der Waals surface area contributed by atoms with Crippen molar-refractivity contribution in [2.24, 2.45) is 18.2 Å². The Labute approximate surface area is 240 Å². The smallest absolute Gasteiger partial charge is 0.290 e. The number of pyridine rings is 1. The number of imidazole rings is 1. The first-order valence-electron chi connectivity index (χ1n) is 12.7. The van der Waals surface area contributed by atoms with E-state index >= 15 is 0 Å². The fourth-order valence-electron chi connectivity index (χ4n) is 4.95. The molecule has 220 valence electrons. The molecular weight excluding hydrogens is 546 g/mol. The number of primary amides is 1. The van der Waals surface area contributed by atoms with Crippen molar-refractivity contribution < 1.29 is 29.3 Å². The van der Waals surface area contributed by atoms with Gasteiger partial charge in [-0.25, -0.2) is 15.0 Å². The van der Waals surface area contributed by atoms with Gasteiger partial charge in [-0.05, 0) is 17.7 Å². The van der Waals surface area contributed by atoms with Gasteiger partial charge in [0, 0.05) is 51.0 Å². The van der Waals surface area contributed by atoms with Crippen molar-refractivity contribution in [3.05, 3.63) is 54.2 Å². The van der Waals surface area contributed by atoms with E-state index in [4.69, 9.17) is 30.3 Å². The van der Waals surface area contributed by atoms with E-state index in [9.17, 15) is 4.79 Å². The summed E-state index contributed by atoms with van der Waals surface area (Å²) in [5, 5.41) is 20.1. The molecule has 5 heterocycles. The van der Waals surface area contributed by atoms with Crippen LogP contribution in [0.4, 0.5) is 17.3 Å². The minimum absolute atomic E-state index is 0.0367. The van der Waals surface area contributed by atoms with Gasteiger partial charge in [-0.2, -0.15) is 0 Å². The third-order valence-corrected chi connectivity index (χ3v) is 6.82. The molecule has 0 radical (unpaired) electrons. The number of carboxylic acid groups (broad SMARTS) is 2. The van der Waals surface area contributed by atoms with E-state index in [1.54, 1.807) is 25.8 Å². The lowest BCUT2D eigenvalue weighted by molar-refractivity contribution is -0.191. The normalized spacial score (nSPS) is 14.7. The molecule has 2 saturated heterocycles. The first kappa shape index (κ1) is 29.8. The number of nitrogens with two attached hydrogens (primary N) is 1. The van der Waals surface area contributed by atoms with E-state index in [0.29, 0.717) is 28.0 Å². The molecule has 6 rings (SSSR count). The van der Waals surface area contributed by atoms with Crippen molar-refractivity contribution in [1.29, 1.82) is 0 Å². The van der Waals surface area contributed by atoms with Gasteiger partial charge in [-0.1, -0.05) is 12.1 Å². The van der Waals surface area contributed by atoms with Crippen LogP contribution in [-0.4, -0.2) is 91.8 Å². The number of amides is 1. The minimum Gasteiger partial charge on any atom is -0.483 e. The lowest BCUT2D eigenvalue weighted by Gasteiger charge is -2.55. The van der Waals surface area contributed by atoms with E-state index in [2.05, 4.69) is 47.6 Å². The summed E-state index contributed by atoms with van der Waals surface area (Å²) in [6, 6.07) is 8.08. The number of fused-ring (bicyclic) bond motifs is 1. The summed E-state index contributed by atoms with van der Waals surface area (Å²) in [5.41, 5.74) is 10.8. The van der Waals surface area contributed by atoms with Gasteiger partial charge in [0.1, 0.15) is 11.2 Å². The average molecular weight is 578 g/mol. The maximum Gasteiger partial charge on any atom is 0.290 e. The molecule has 3 aromatic heterocycles. The van der Waals surface area contributed by atoms with Crippen LogP contribution in [0, 0.1) is 5.41 Å². The standard InChI is InChI=1S/C25H27N9O2.2CH2O2/c1-27-23-20(17-7-28-8-18-19(17)29-14-33(18)2)31-21(22(26)35)24(32-23)30-16-5-3-15(4-6-16)9-34-10-25(11-34)12-36-13-25;2*2-1-3/h3-8,14H,9-13H2,1-2H3,(H2,26,35)(H2,27,30,32);2*1H,(H,2,3). The number of hydrogen-bond donors (Lipinski definition) is 5. The van der Waals surface area contributed by atoms with E-state index in [1.807, 2.05) is 23.7 Å². The maximum absolute atomic E-state index is 12.4. The third-order valence-electron chi connectivity index (χ3n) is 6.82. The summed E-state index contributed by atoms with van der Waals surface area (Å²) >= 11 is 0. The quantitative estimate of drug-likeness (QED) is 0.198. The Morgan fingerprint density at radius 1 is 1.10 bits per heavy atom. The van der Waals surface area contributed by atoms with Crippen LogP contribution in [0.2, 0.25) is 0 Å². The fraction of sp³-hybridized carbons (Fsp3) is 0.296. The Hall–Kier alpha value is -5.15. The van der Waals surface area contributed by atoms with Gasteiger partial charge in [0.25, 0.3) is 18.9 Å². The Bertz CT molecular complexity index is 1560. The molecule has 2 aliphatic rings. The summed E-state index contributed by atoms with van der Waals surface area (Å²) in [5.74, 6) is 0.0725. The highest BCUT2D eigenvalue weighted by Crippen LogP contribution is 2.38. The van der Waals surface area contributed by atoms with Gasteiger partial charge in [-0.3, -0.25) is 24.3 Å². The van der Waals surface area contributed by atoms with Crippen LogP contribution in [0.3, 0.4) is 0 Å². The van der Waals surface area contributed by atoms with Crippen molar-refractivity contribution in [3.63, 3.8) is 0 Å². The van der Waals surface area contributed by atoms with Crippen LogP contribution in [0.15, 0.2) is 43.0 Å². The van der Waals surface area contributed by atoms with Crippen LogP contribution in [0.5, 0.6) is 0 Å². The topological polar surface area (TPSA) is 211 Å². The number of nitrogens with one attached hydrogen (secondary N) is 2. The first-order valence-corrected chi connectivity index (χ1v) is 12.7. The molecule has 0 aliphatic carbocycles. The van der Waals surface area contributed by atoms with E-state index in [1.165, 1.54) is 5.56 Å². The molecule has 4 aromatic rings. The largest absolute Gasteiger partial charge is 0.483 e. The predicted octanol–water partition coefficient (Wildman–Crippen LogP) is 1.54. The average Bonchev–Trinajstić information content (AvgIpc) is 3.31. The molecule has 1 spiro atoms. The molecule has 15 nitrogen and oxygen atoms in total. The summed E-state index contributed by atoms with van der Waals surface area (Å²) in [7, 11) is 3.64. The lowest BCUT2D eigenvalue weighted by atomic mass is 9.78. The maximum atomic E-state index is 12.4. The van der Waals surface area contributed by atoms with Gasteiger partial charge < -0.3 is 35.9 Å². The molecular formula is C27H31N9O6. The Kier molecular flexibility index (Phi) is 9.24. The zero-order chi connectivity index (χ0) is 30.3. The van der Waals surface area contributed by atoms with Crippen LogP contribution in [0.25, 0.3) is 22.3 Å². The Morgan fingerprint density at radius 3 is 2.33 bits per heavy atom. The molecule has 0 atom stereocenters. The number of carbonyl (C=O) groups is 3. The predicted molar refractivity (Wildman–Crippen MR) is 153 cm³/mol. The Balaban J connectivity index is 0.000000624. The number of anilines is 3. The fourth-order valence-corrected chi connectivity index (χ4v) is 4.95. The monoisotopic (exact) mass is 577 g/mol. The van der Waals surface area contributed by atoms with Gasteiger partial charge in [-0.15, -0.1) is 0 Å². The molecule has 0 unspecified atom stereocenters. The molecule has 0 bridgehead atoms. The lowest BCUT2D eigenvalue weighted by Crippen LogP contribution is -2.65. The number of aryl methyl sites for hydroxylation is 1. The third kappa shape index (κ3) is 6.26. The number of benzene rings is 1. The summed E-state index contributed by atoms with van der Waals surface area (Å²) in [4.78, 5) is 49.6.